The SMILES string of the molecule is O=C(NCc1ccc(F)cc1)C(CSCc1ccccc1)N1Cc2ccccc2C1=O. The van der Waals surface area contributed by atoms with E-state index in [2.05, 4.69) is 5.32 Å². The number of benzene rings is 3. The van der Waals surface area contributed by atoms with E-state index in [4.69, 9.17) is 0 Å². The molecule has 4 nitrogen and oxygen atoms in total. The zero-order chi connectivity index (χ0) is 21.6. The van der Waals surface area contributed by atoms with E-state index < -0.39 is 6.04 Å². The minimum absolute atomic E-state index is 0.113. The molecule has 4 rings (SSSR count). The van der Waals surface area contributed by atoms with Crippen LogP contribution in [-0.4, -0.2) is 28.5 Å². The molecule has 0 bridgehead atoms. The molecule has 1 heterocycles. The molecule has 2 amide bonds. The van der Waals surface area contributed by atoms with Crippen molar-refractivity contribution in [2.75, 3.05) is 5.75 Å². The fourth-order valence-corrected chi connectivity index (χ4v) is 4.71. The van der Waals surface area contributed by atoms with Gasteiger partial charge in [-0.05, 0) is 34.9 Å². The van der Waals surface area contributed by atoms with Crippen LogP contribution in [0.1, 0.15) is 27.0 Å². The molecule has 6 heteroatoms. The number of thioether (sulfide) groups is 1. The molecule has 31 heavy (non-hydrogen) atoms. The minimum atomic E-state index is -0.589. The van der Waals surface area contributed by atoms with Gasteiger partial charge in [-0.1, -0.05) is 60.7 Å². The molecule has 1 atom stereocenters. The van der Waals surface area contributed by atoms with Gasteiger partial charge in [0.1, 0.15) is 11.9 Å². The summed E-state index contributed by atoms with van der Waals surface area (Å²) in [4.78, 5) is 27.8. The van der Waals surface area contributed by atoms with Gasteiger partial charge >= 0.3 is 0 Å². The van der Waals surface area contributed by atoms with Crippen molar-refractivity contribution in [3.63, 3.8) is 0 Å². The molecule has 3 aromatic rings. The molecule has 1 N–H and O–H groups in total. The number of halogens is 1. The van der Waals surface area contributed by atoms with E-state index in [9.17, 15) is 14.0 Å². The van der Waals surface area contributed by atoms with E-state index in [1.165, 1.54) is 17.7 Å². The smallest absolute Gasteiger partial charge is 0.255 e. The molecule has 0 spiro atoms. The van der Waals surface area contributed by atoms with Crippen LogP contribution in [0.25, 0.3) is 0 Å². The summed E-state index contributed by atoms with van der Waals surface area (Å²) in [5.74, 6) is 0.621. The topological polar surface area (TPSA) is 49.4 Å². The van der Waals surface area contributed by atoms with Gasteiger partial charge < -0.3 is 10.2 Å². The van der Waals surface area contributed by atoms with Crippen LogP contribution in [0.15, 0.2) is 78.9 Å². The van der Waals surface area contributed by atoms with E-state index in [-0.39, 0.29) is 24.2 Å². The zero-order valence-corrected chi connectivity index (χ0v) is 17.8. The van der Waals surface area contributed by atoms with Gasteiger partial charge in [0.25, 0.3) is 5.91 Å². The zero-order valence-electron chi connectivity index (χ0n) is 17.0. The Balaban J connectivity index is 1.46. The summed E-state index contributed by atoms with van der Waals surface area (Å²) in [5, 5.41) is 2.92. The number of hydrogen-bond donors (Lipinski definition) is 1. The number of nitrogens with zero attached hydrogens (tertiary/aromatic N) is 1. The van der Waals surface area contributed by atoms with Gasteiger partial charge in [-0.2, -0.15) is 11.8 Å². The number of fused-ring (bicyclic) bond motifs is 1. The maximum Gasteiger partial charge on any atom is 0.255 e. The first-order valence-corrected chi connectivity index (χ1v) is 11.3. The third kappa shape index (κ3) is 5.14. The maximum absolute atomic E-state index is 13.1. The average molecular weight is 435 g/mol. The molecule has 0 aromatic heterocycles. The van der Waals surface area contributed by atoms with E-state index in [1.807, 2.05) is 54.6 Å². The molecule has 3 aromatic carbocycles. The Bertz CT molecular complexity index is 1060. The van der Waals surface area contributed by atoms with Gasteiger partial charge in [0.2, 0.25) is 5.91 Å². The summed E-state index contributed by atoms with van der Waals surface area (Å²) in [7, 11) is 0. The van der Waals surface area contributed by atoms with Crippen molar-refractivity contribution < 1.29 is 14.0 Å². The Hall–Kier alpha value is -3.12. The Labute approximate surface area is 185 Å². The molecule has 0 aliphatic carbocycles. The number of amides is 2. The summed E-state index contributed by atoms with van der Waals surface area (Å²) in [6.45, 7) is 0.712. The molecule has 0 fully saturated rings. The van der Waals surface area contributed by atoms with Crippen molar-refractivity contribution in [1.82, 2.24) is 10.2 Å². The Kier molecular flexibility index (Phi) is 6.67. The number of carbonyl (C=O) groups excluding carboxylic acids is 2. The van der Waals surface area contributed by atoms with Crippen molar-refractivity contribution in [3.05, 3.63) is 107 Å². The highest BCUT2D eigenvalue weighted by atomic mass is 32.2. The summed E-state index contributed by atoms with van der Waals surface area (Å²) in [5.41, 5.74) is 3.58. The molecule has 1 aliphatic rings. The monoisotopic (exact) mass is 434 g/mol. The fraction of sp³-hybridized carbons (Fsp3) is 0.200. The van der Waals surface area contributed by atoms with Crippen molar-refractivity contribution in [1.29, 1.82) is 0 Å². The van der Waals surface area contributed by atoms with Crippen LogP contribution >= 0.6 is 11.8 Å². The van der Waals surface area contributed by atoms with Crippen LogP contribution in [0.2, 0.25) is 0 Å². The first-order valence-electron chi connectivity index (χ1n) is 10.1. The molecular formula is C25H23FN2O2S. The Morgan fingerprint density at radius 3 is 2.42 bits per heavy atom. The lowest BCUT2D eigenvalue weighted by molar-refractivity contribution is -0.125. The number of hydrogen-bond acceptors (Lipinski definition) is 3. The molecular weight excluding hydrogens is 411 g/mol. The minimum Gasteiger partial charge on any atom is -0.350 e. The van der Waals surface area contributed by atoms with Gasteiger partial charge in [-0.15, -0.1) is 0 Å². The molecule has 0 radical (unpaired) electrons. The third-order valence-corrected chi connectivity index (χ3v) is 6.38. The molecule has 158 valence electrons. The van der Waals surface area contributed by atoms with Crippen molar-refractivity contribution >= 4 is 23.6 Å². The molecule has 1 unspecified atom stereocenters. The number of nitrogens with one attached hydrogen (secondary N) is 1. The first-order chi connectivity index (χ1) is 15.1. The highest BCUT2D eigenvalue weighted by Crippen LogP contribution is 2.26. The van der Waals surface area contributed by atoms with Gasteiger partial charge in [-0.3, -0.25) is 9.59 Å². The second-order valence-electron chi connectivity index (χ2n) is 7.45. The highest BCUT2D eigenvalue weighted by Gasteiger charge is 2.36. The predicted octanol–water partition coefficient (Wildman–Crippen LogP) is 4.40. The van der Waals surface area contributed by atoms with Gasteiger partial charge in [0.15, 0.2) is 0 Å². The fourth-order valence-electron chi connectivity index (χ4n) is 3.61. The normalized spacial score (nSPS) is 13.7. The van der Waals surface area contributed by atoms with E-state index in [0.29, 0.717) is 17.9 Å². The molecule has 1 aliphatic heterocycles. The average Bonchev–Trinajstić information content (AvgIpc) is 3.13. The van der Waals surface area contributed by atoms with Crippen LogP contribution in [0, 0.1) is 5.82 Å². The Morgan fingerprint density at radius 2 is 1.68 bits per heavy atom. The van der Waals surface area contributed by atoms with Gasteiger partial charge in [-0.25, -0.2) is 4.39 Å². The standard InChI is InChI=1S/C25H23FN2O2S/c26-21-12-10-18(11-13-21)14-27-24(29)23(17-31-16-19-6-2-1-3-7-19)28-15-20-8-4-5-9-22(20)25(28)30/h1-13,23H,14-17H2,(H,27,29). The lowest BCUT2D eigenvalue weighted by Gasteiger charge is -2.27. The number of rotatable bonds is 8. The summed E-state index contributed by atoms with van der Waals surface area (Å²) in [6.07, 6.45) is 0. The number of carbonyl (C=O) groups is 2. The first kappa shape index (κ1) is 21.1. The van der Waals surface area contributed by atoms with Crippen molar-refractivity contribution in [2.24, 2.45) is 0 Å². The van der Waals surface area contributed by atoms with Crippen LogP contribution in [0.5, 0.6) is 0 Å². The predicted molar refractivity (Wildman–Crippen MR) is 121 cm³/mol. The summed E-state index contributed by atoms with van der Waals surface area (Å²) < 4.78 is 13.1. The highest BCUT2D eigenvalue weighted by molar-refractivity contribution is 7.98. The van der Waals surface area contributed by atoms with Gasteiger partial charge in [0, 0.05) is 30.2 Å². The molecule has 0 saturated heterocycles. The van der Waals surface area contributed by atoms with Crippen molar-refractivity contribution in [3.8, 4) is 0 Å². The van der Waals surface area contributed by atoms with Crippen LogP contribution in [0.4, 0.5) is 4.39 Å². The van der Waals surface area contributed by atoms with E-state index in [1.54, 1.807) is 28.8 Å². The second kappa shape index (κ2) is 9.79. The quantitative estimate of drug-likeness (QED) is 0.572. The lowest BCUT2D eigenvalue weighted by Crippen LogP contribution is -2.48. The maximum atomic E-state index is 13.1. The largest absolute Gasteiger partial charge is 0.350 e. The second-order valence-corrected chi connectivity index (χ2v) is 8.48. The van der Waals surface area contributed by atoms with Crippen LogP contribution < -0.4 is 5.32 Å². The van der Waals surface area contributed by atoms with Gasteiger partial charge in [0.05, 0.1) is 0 Å². The van der Waals surface area contributed by atoms with Crippen molar-refractivity contribution in [2.45, 2.75) is 24.9 Å². The summed E-state index contributed by atoms with van der Waals surface area (Å²) >= 11 is 1.63. The van der Waals surface area contributed by atoms with Crippen LogP contribution in [0.3, 0.4) is 0 Å². The Morgan fingerprint density at radius 1 is 0.968 bits per heavy atom. The van der Waals surface area contributed by atoms with Crippen LogP contribution in [-0.2, 0) is 23.6 Å². The molecule has 0 saturated carbocycles. The van der Waals surface area contributed by atoms with E-state index in [0.717, 1.165) is 16.9 Å². The van der Waals surface area contributed by atoms with E-state index >= 15 is 0 Å². The third-order valence-electron chi connectivity index (χ3n) is 5.30. The summed E-state index contributed by atoms with van der Waals surface area (Å²) in [6, 6.07) is 23.0. The lowest BCUT2D eigenvalue weighted by atomic mass is 10.1.